The molecule has 0 amide bonds. The van der Waals surface area contributed by atoms with Crippen LogP contribution in [0.4, 0.5) is 13.2 Å². The molecule has 1 aromatic heterocycles. The number of hydrogen-bond acceptors (Lipinski definition) is 2. The van der Waals surface area contributed by atoms with E-state index in [9.17, 15) is 18.0 Å². The van der Waals surface area contributed by atoms with Gasteiger partial charge in [0.05, 0.1) is 5.52 Å². The maximum atomic E-state index is 12.2. The molecule has 1 aromatic carbocycles. The van der Waals surface area contributed by atoms with Crippen LogP contribution in [0.3, 0.4) is 0 Å². The number of ketones is 1. The normalized spacial score (nSPS) is 11.7. The van der Waals surface area contributed by atoms with Gasteiger partial charge in [0.25, 0.3) is 5.78 Å². The summed E-state index contributed by atoms with van der Waals surface area (Å²) in [5, 5.41) is 0.512. The molecule has 0 radical (unpaired) electrons. The molecule has 2 rings (SSSR count). The molecule has 1 heterocycles. The SMILES string of the molecule is O=C(c1cnc2ccccc2c1)C(F)(F)F. The van der Waals surface area contributed by atoms with Crippen LogP contribution in [0.5, 0.6) is 0 Å². The predicted molar refractivity (Wildman–Crippen MR) is 52.1 cm³/mol. The molecule has 0 saturated carbocycles. The topological polar surface area (TPSA) is 30.0 Å². The molecule has 0 saturated heterocycles. The van der Waals surface area contributed by atoms with Crippen LogP contribution in [0.1, 0.15) is 10.4 Å². The number of hydrogen-bond donors (Lipinski definition) is 0. The van der Waals surface area contributed by atoms with Crippen LogP contribution in [-0.2, 0) is 0 Å². The van der Waals surface area contributed by atoms with Crippen LogP contribution in [-0.4, -0.2) is 16.9 Å². The molecule has 5 heteroatoms. The van der Waals surface area contributed by atoms with Crippen LogP contribution in [0, 0.1) is 0 Å². The van der Waals surface area contributed by atoms with Gasteiger partial charge < -0.3 is 0 Å². The quantitative estimate of drug-likeness (QED) is 0.698. The molecule has 2 nitrogen and oxygen atoms in total. The lowest BCUT2D eigenvalue weighted by Crippen LogP contribution is -2.22. The molecule has 0 unspecified atom stereocenters. The lowest BCUT2D eigenvalue weighted by molar-refractivity contribution is -0.0885. The molecule has 0 aliphatic carbocycles. The van der Waals surface area contributed by atoms with Gasteiger partial charge in [0.15, 0.2) is 0 Å². The summed E-state index contributed by atoms with van der Waals surface area (Å²) in [5.41, 5.74) is 0.118. The van der Waals surface area contributed by atoms with Gasteiger partial charge in [-0.1, -0.05) is 18.2 Å². The molecular weight excluding hydrogens is 219 g/mol. The Morgan fingerprint density at radius 2 is 1.88 bits per heavy atom. The van der Waals surface area contributed by atoms with E-state index in [1.54, 1.807) is 24.3 Å². The van der Waals surface area contributed by atoms with Crippen molar-refractivity contribution in [2.24, 2.45) is 0 Å². The Balaban J connectivity index is 2.52. The average Bonchev–Trinajstić information content (AvgIpc) is 2.26. The largest absolute Gasteiger partial charge is 0.454 e. The van der Waals surface area contributed by atoms with Crippen molar-refractivity contribution in [3.8, 4) is 0 Å². The first-order valence-corrected chi connectivity index (χ1v) is 4.45. The van der Waals surface area contributed by atoms with Crippen molar-refractivity contribution in [2.45, 2.75) is 6.18 Å². The fourth-order valence-electron chi connectivity index (χ4n) is 1.36. The number of para-hydroxylation sites is 1. The molecule has 0 spiro atoms. The number of aromatic nitrogens is 1. The zero-order valence-corrected chi connectivity index (χ0v) is 7.95. The summed E-state index contributed by atoms with van der Waals surface area (Å²) in [6, 6.07) is 7.86. The number of nitrogens with zero attached hydrogens (tertiary/aromatic N) is 1. The molecule has 0 N–H and O–H groups in total. The second-order valence-corrected chi connectivity index (χ2v) is 3.24. The van der Waals surface area contributed by atoms with Gasteiger partial charge in [0.1, 0.15) is 0 Å². The van der Waals surface area contributed by atoms with Gasteiger partial charge in [-0.3, -0.25) is 9.78 Å². The predicted octanol–water partition coefficient (Wildman–Crippen LogP) is 2.98. The maximum absolute atomic E-state index is 12.2. The third kappa shape index (κ3) is 1.88. The minimum Gasteiger partial charge on any atom is -0.284 e. The Hall–Kier alpha value is -1.91. The number of carbonyl (C=O) groups excluding carboxylic acids is 1. The van der Waals surface area contributed by atoms with E-state index in [0.717, 1.165) is 6.20 Å². The van der Waals surface area contributed by atoms with E-state index in [-0.39, 0.29) is 0 Å². The van der Waals surface area contributed by atoms with Gasteiger partial charge in [0, 0.05) is 17.1 Å². The smallest absolute Gasteiger partial charge is 0.284 e. The summed E-state index contributed by atoms with van der Waals surface area (Å²) in [6.45, 7) is 0. The molecule has 0 bridgehead atoms. The van der Waals surface area contributed by atoms with Gasteiger partial charge in [-0.2, -0.15) is 13.2 Å². The molecule has 2 aromatic rings. The monoisotopic (exact) mass is 225 g/mol. The van der Waals surface area contributed by atoms with Crippen LogP contribution in [0.15, 0.2) is 36.5 Å². The Morgan fingerprint density at radius 1 is 1.19 bits per heavy atom. The Kier molecular flexibility index (Phi) is 2.38. The van der Waals surface area contributed by atoms with E-state index in [1.165, 1.54) is 6.07 Å². The lowest BCUT2D eigenvalue weighted by Gasteiger charge is -2.05. The average molecular weight is 225 g/mol. The third-order valence-electron chi connectivity index (χ3n) is 2.11. The molecule has 0 atom stereocenters. The number of alkyl halides is 3. The zero-order chi connectivity index (χ0) is 11.8. The first-order valence-electron chi connectivity index (χ1n) is 4.45. The molecular formula is C11H6F3NO. The van der Waals surface area contributed by atoms with Crippen molar-refractivity contribution < 1.29 is 18.0 Å². The number of Topliss-reactive ketones (excluding diaryl/α,β-unsaturated/α-hetero) is 1. The molecule has 0 aliphatic heterocycles. The molecule has 16 heavy (non-hydrogen) atoms. The fraction of sp³-hybridized carbons (Fsp3) is 0.0909. The van der Waals surface area contributed by atoms with Gasteiger partial charge in [-0.05, 0) is 12.1 Å². The van der Waals surface area contributed by atoms with E-state index in [0.29, 0.717) is 10.9 Å². The Morgan fingerprint density at radius 3 is 2.56 bits per heavy atom. The highest BCUT2D eigenvalue weighted by Crippen LogP contribution is 2.22. The minimum atomic E-state index is -4.86. The summed E-state index contributed by atoms with van der Waals surface area (Å²) in [4.78, 5) is 14.7. The number of benzene rings is 1. The standard InChI is InChI=1S/C11H6F3NO/c12-11(13,14)10(16)8-5-7-3-1-2-4-9(7)15-6-8/h1-6H. The minimum absolute atomic E-state index is 0.439. The van der Waals surface area contributed by atoms with Crippen molar-refractivity contribution in [3.05, 3.63) is 42.1 Å². The van der Waals surface area contributed by atoms with Crippen LogP contribution in [0.25, 0.3) is 10.9 Å². The van der Waals surface area contributed by atoms with Crippen molar-refractivity contribution >= 4 is 16.7 Å². The van der Waals surface area contributed by atoms with Crippen molar-refractivity contribution in [1.29, 1.82) is 0 Å². The van der Waals surface area contributed by atoms with Gasteiger partial charge in [-0.25, -0.2) is 0 Å². The summed E-state index contributed by atoms with van der Waals surface area (Å²) >= 11 is 0. The molecule has 0 fully saturated rings. The summed E-state index contributed by atoms with van der Waals surface area (Å²) in [6.07, 6.45) is -3.91. The summed E-state index contributed by atoms with van der Waals surface area (Å²) in [7, 11) is 0. The van der Waals surface area contributed by atoms with E-state index >= 15 is 0 Å². The summed E-state index contributed by atoms with van der Waals surface area (Å²) in [5.74, 6) is -1.87. The second kappa shape index (κ2) is 3.59. The van der Waals surface area contributed by atoms with Gasteiger partial charge in [0.2, 0.25) is 0 Å². The second-order valence-electron chi connectivity index (χ2n) is 3.24. The first kappa shape index (κ1) is 10.6. The number of fused-ring (bicyclic) bond motifs is 1. The lowest BCUT2D eigenvalue weighted by atomic mass is 10.1. The van der Waals surface area contributed by atoms with Crippen LogP contribution in [0.2, 0.25) is 0 Å². The summed E-state index contributed by atoms with van der Waals surface area (Å²) < 4.78 is 36.5. The van der Waals surface area contributed by atoms with Crippen molar-refractivity contribution in [2.75, 3.05) is 0 Å². The maximum Gasteiger partial charge on any atom is 0.454 e. The van der Waals surface area contributed by atoms with E-state index in [1.807, 2.05) is 0 Å². The third-order valence-corrected chi connectivity index (χ3v) is 2.11. The number of rotatable bonds is 1. The highest BCUT2D eigenvalue weighted by Gasteiger charge is 2.39. The highest BCUT2D eigenvalue weighted by atomic mass is 19.4. The molecule has 0 aliphatic rings. The van der Waals surface area contributed by atoms with E-state index in [2.05, 4.69) is 4.98 Å². The first-order chi connectivity index (χ1) is 7.48. The van der Waals surface area contributed by atoms with Gasteiger partial charge in [-0.15, -0.1) is 0 Å². The van der Waals surface area contributed by atoms with Crippen molar-refractivity contribution in [3.63, 3.8) is 0 Å². The number of pyridine rings is 1. The number of carbonyl (C=O) groups is 1. The van der Waals surface area contributed by atoms with Crippen LogP contribution < -0.4 is 0 Å². The fourth-order valence-corrected chi connectivity index (χ4v) is 1.36. The zero-order valence-electron chi connectivity index (χ0n) is 7.95. The van der Waals surface area contributed by atoms with Gasteiger partial charge >= 0.3 is 6.18 Å². The van der Waals surface area contributed by atoms with E-state index < -0.39 is 17.5 Å². The van der Waals surface area contributed by atoms with E-state index in [4.69, 9.17) is 0 Å². The highest BCUT2D eigenvalue weighted by molar-refractivity contribution is 6.02. The van der Waals surface area contributed by atoms with Crippen molar-refractivity contribution in [1.82, 2.24) is 4.98 Å². The Labute approximate surface area is 88.7 Å². The molecule has 82 valence electrons. The number of halogens is 3. The Bertz CT molecular complexity index is 548. The van der Waals surface area contributed by atoms with Crippen LogP contribution >= 0.6 is 0 Å².